The highest BCUT2D eigenvalue weighted by Gasteiger charge is 2.03. The van der Waals surface area contributed by atoms with Gasteiger partial charge in [0.25, 0.3) is 5.95 Å². The Morgan fingerprint density at radius 1 is 1.29 bits per heavy atom. The molecule has 0 amide bonds. The Labute approximate surface area is 79.0 Å². The molecule has 0 saturated heterocycles. The van der Waals surface area contributed by atoms with Gasteiger partial charge in [-0.25, -0.2) is 9.97 Å². The van der Waals surface area contributed by atoms with Crippen LogP contribution in [0.4, 0.5) is 10.2 Å². The minimum absolute atomic E-state index is 0.101. The fraction of sp³-hybridized carbons (Fsp3) is 0.125. The van der Waals surface area contributed by atoms with Crippen LogP contribution in [0.1, 0.15) is 5.76 Å². The monoisotopic (exact) mass is 194 g/mol. The number of aromatic nitrogens is 3. The smallest absolute Gasteiger partial charge is 0.255 e. The van der Waals surface area contributed by atoms with Gasteiger partial charge in [-0.15, -0.1) is 0 Å². The normalized spacial score (nSPS) is 10.1. The van der Waals surface area contributed by atoms with E-state index in [0.29, 0.717) is 12.3 Å². The number of nitrogens with zero attached hydrogens (tertiary/aromatic N) is 3. The van der Waals surface area contributed by atoms with E-state index < -0.39 is 5.95 Å². The molecular formula is C8H7FN4O. The topological polar surface area (TPSA) is 63.8 Å². The Balaban J connectivity index is 2.02. The summed E-state index contributed by atoms with van der Waals surface area (Å²) in [6.07, 6.45) is 4.21. The molecule has 0 radical (unpaired) electrons. The van der Waals surface area contributed by atoms with Gasteiger partial charge >= 0.3 is 0 Å². The van der Waals surface area contributed by atoms with E-state index in [0.717, 1.165) is 0 Å². The third-order valence-corrected chi connectivity index (χ3v) is 1.57. The highest BCUT2D eigenvalue weighted by Crippen LogP contribution is 2.07. The third-order valence-electron chi connectivity index (χ3n) is 1.57. The Kier molecular flexibility index (Phi) is 2.35. The molecule has 2 aromatic heterocycles. The molecule has 2 rings (SSSR count). The fourth-order valence-electron chi connectivity index (χ4n) is 0.944. The van der Waals surface area contributed by atoms with E-state index in [9.17, 15) is 4.39 Å². The molecule has 1 N–H and O–H groups in total. The van der Waals surface area contributed by atoms with Gasteiger partial charge in [0, 0.05) is 18.5 Å². The van der Waals surface area contributed by atoms with E-state index >= 15 is 0 Å². The van der Waals surface area contributed by atoms with Crippen molar-refractivity contribution in [2.75, 3.05) is 5.32 Å². The highest BCUT2D eigenvalue weighted by atomic mass is 19.1. The van der Waals surface area contributed by atoms with Gasteiger partial charge in [0.1, 0.15) is 0 Å². The first kappa shape index (κ1) is 8.61. The highest BCUT2D eigenvalue weighted by molar-refractivity contribution is 5.32. The molecule has 2 heterocycles. The number of halogens is 1. The Bertz CT molecular complexity index is 403. The zero-order valence-corrected chi connectivity index (χ0v) is 7.14. The van der Waals surface area contributed by atoms with E-state index in [1.165, 1.54) is 18.6 Å². The number of rotatable bonds is 3. The van der Waals surface area contributed by atoms with Gasteiger partial charge in [-0.05, 0) is 0 Å². The zero-order chi connectivity index (χ0) is 9.80. The van der Waals surface area contributed by atoms with Gasteiger partial charge in [-0.1, -0.05) is 5.16 Å². The van der Waals surface area contributed by atoms with Crippen molar-refractivity contribution in [3.05, 3.63) is 36.4 Å². The average molecular weight is 194 g/mol. The lowest BCUT2D eigenvalue weighted by Gasteiger charge is -2.01. The van der Waals surface area contributed by atoms with Crippen LogP contribution in [-0.2, 0) is 6.54 Å². The maximum atomic E-state index is 12.9. The summed E-state index contributed by atoms with van der Waals surface area (Å²) in [5, 5.41) is 6.25. The minimum atomic E-state index is -0.632. The second-order valence-electron chi connectivity index (χ2n) is 2.53. The lowest BCUT2D eigenvalue weighted by Crippen LogP contribution is -2.03. The van der Waals surface area contributed by atoms with Gasteiger partial charge in [0.05, 0.1) is 12.7 Å². The van der Waals surface area contributed by atoms with Crippen molar-refractivity contribution in [2.45, 2.75) is 6.54 Å². The molecule has 0 aliphatic rings. The van der Waals surface area contributed by atoms with Crippen molar-refractivity contribution >= 4 is 5.82 Å². The third kappa shape index (κ3) is 1.85. The first-order valence-corrected chi connectivity index (χ1v) is 3.96. The van der Waals surface area contributed by atoms with Crippen molar-refractivity contribution in [3.63, 3.8) is 0 Å². The fourth-order valence-corrected chi connectivity index (χ4v) is 0.944. The molecule has 2 aromatic rings. The van der Waals surface area contributed by atoms with Crippen molar-refractivity contribution in [1.29, 1.82) is 0 Å². The van der Waals surface area contributed by atoms with Gasteiger partial charge in [-0.3, -0.25) is 0 Å². The molecule has 14 heavy (non-hydrogen) atoms. The Morgan fingerprint density at radius 3 is 2.86 bits per heavy atom. The average Bonchev–Trinajstić information content (AvgIpc) is 2.69. The predicted molar refractivity (Wildman–Crippen MR) is 45.8 cm³/mol. The number of nitrogens with one attached hydrogen (secondary N) is 1. The van der Waals surface area contributed by atoms with Crippen molar-refractivity contribution in [1.82, 2.24) is 15.1 Å². The Hall–Kier alpha value is -1.98. The predicted octanol–water partition coefficient (Wildman–Crippen LogP) is 1.22. The van der Waals surface area contributed by atoms with Gasteiger partial charge in [0.15, 0.2) is 11.6 Å². The first-order valence-electron chi connectivity index (χ1n) is 3.96. The summed E-state index contributed by atoms with van der Waals surface area (Å²) >= 11 is 0. The molecule has 0 atom stereocenters. The second kappa shape index (κ2) is 3.82. The molecular weight excluding hydrogens is 187 g/mol. The molecule has 5 nitrogen and oxygen atoms in total. The van der Waals surface area contributed by atoms with Gasteiger partial charge in [-0.2, -0.15) is 4.39 Å². The SMILES string of the molecule is Fc1nccnc1NCc1ccno1. The van der Waals surface area contributed by atoms with E-state index in [1.807, 2.05) is 0 Å². The van der Waals surface area contributed by atoms with Crippen LogP contribution in [0.5, 0.6) is 0 Å². The molecule has 0 saturated carbocycles. The molecule has 0 unspecified atom stereocenters. The van der Waals surface area contributed by atoms with E-state index in [1.54, 1.807) is 6.07 Å². The van der Waals surface area contributed by atoms with Crippen LogP contribution in [-0.4, -0.2) is 15.1 Å². The van der Waals surface area contributed by atoms with Crippen LogP contribution in [0.2, 0.25) is 0 Å². The number of anilines is 1. The largest absolute Gasteiger partial charge is 0.360 e. The molecule has 0 aliphatic heterocycles. The summed E-state index contributed by atoms with van der Waals surface area (Å²) < 4.78 is 17.7. The van der Waals surface area contributed by atoms with Crippen LogP contribution in [0, 0.1) is 5.95 Å². The summed E-state index contributed by atoms with van der Waals surface area (Å²) in [6.45, 7) is 0.329. The van der Waals surface area contributed by atoms with Crippen LogP contribution in [0.25, 0.3) is 0 Å². The quantitative estimate of drug-likeness (QED) is 0.795. The van der Waals surface area contributed by atoms with Crippen LogP contribution in [0.3, 0.4) is 0 Å². The van der Waals surface area contributed by atoms with Crippen molar-refractivity contribution in [2.24, 2.45) is 0 Å². The van der Waals surface area contributed by atoms with Crippen LogP contribution < -0.4 is 5.32 Å². The molecule has 6 heteroatoms. The Morgan fingerprint density at radius 2 is 2.14 bits per heavy atom. The molecule has 0 bridgehead atoms. The summed E-state index contributed by atoms with van der Waals surface area (Å²) in [6, 6.07) is 1.68. The van der Waals surface area contributed by atoms with Crippen LogP contribution >= 0.6 is 0 Å². The molecule has 72 valence electrons. The zero-order valence-electron chi connectivity index (χ0n) is 7.14. The summed E-state index contributed by atoms with van der Waals surface area (Å²) in [7, 11) is 0. The van der Waals surface area contributed by atoms with Crippen molar-refractivity contribution in [3.8, 4) is 0 Å². The maximum Gasteiger partial charge on any atom is 0.255 e. The van der Waals surface area contributed by atoms with Crippen molar-refractivity contribution < 1.29 is 8.91 Å². The summed E-state index contributed by atoms with van der Waals surface area (Å²) in [4.78, 5) is 7.21. The molecule has 0 spiro atoms. The lowest BCUT2D eigenvalue weighted by molar-refractivity contribution is 0.387. The summed E-state index contributed by atoms with van der Waals surface area (Å²) in [5.74, 6) is 0.0750. The lowest BCUT2D eigenvalue weighted by atomic mass is 10.4. The number of hydrogen-bond donors (Lipinski definition) is 1. The number of hydrogen-bond acceptors (Lipinski definition) is 5. The standard InChI is InChI=1S/C8H7FN4O/c9-7-8(11-4-3-10-7)12-5-6-1-2-13-14-6/h1-4H,5H2,(H,11,12). The minimum Gasteiger partial charge on any atom is -0.360 e. The van der Waals surface area contributed by atoms with E-state index in [4.69, 9.17) is 4.52 Å². The van der Waals surface area contributed by atoms with E-state index in [2.05, 4.69) is 20.4 Å². The van der Waals surface area contributed by atoms with Crippen LogP contribution in [0.15, 0.2) is 29.2 Å². The molecule has 0 aliphatic carbocycles. The molecule has 0 fully saturated rings. The van der Waals surface area contributed by atoms with Gasteiger partial charge in [0.2, 0.25) is 0 Å². The molecule has 0 aromatic carbocycles. The first-order chi connectivity index (χ1) is 6.86. The van der Waals surface area contributed by atoms with Gasteiger partial charge < -0.3 is 9.84 Å². The second-order valence-corrected chi connectivity index (χ2v) is 2.53. The summed E-state index contributed by atoms with van der Waals surface area (Å²) in [5.41, 5.74) is 0. The maximum absolute atomic E-state index is 12.9. The van der Waals surface area contributed by atoms with E-state index in [-0.39, 0.29) is 5.82 Å².